The van der Waals surface area contributed by atoms with Crippen molar-refractivity contribution in [3.05, 3.63) is 29.1 Å². The van der Waals surface area contributed by atoms with E-state index in [0.29, 0.717) is 18.2 Å². The van der Waals surface area contributed by atoms with E-state index in [1.807, 2.05) is 13.0 Å². The summed E-state index contributed by atoms with van der Waals surface area (Å²) in [6.45, 7) is 8.06. The van der Waals surface area contributed by atoms with Gasteiger partial charge in [0.15, 0.2) is 6.29 Å². The van der Waals surface area contributed by atoms with Crippen molar-refractivity contribution in [2.75, 3.05) is 19.8 Å². The summed E-state index contributed by atoms with van der Waals surface area (Å²) in [5.74, 6) is 6.87. The van der Waals surface area contributed by atoms with Gasteiger partial charge in [-0.15, -0.1) is 0 Å². The molecule has 5 N–H and O–H groups in total. The first-order valence-corrected chi connectivity index (χ1v) is 8.56. The van der Waals surface area contributed by atoms with Crippen LogP contribution < -0.4 is 11.5 Å². The zero-order chi connectivity index (χ0) is 18.4. The van der Waals surface area contributed by atoms with Gasteiger partial charge in [-0.05, 0) is 31.4 Å². The number of ether oxygens (including phenoxy) is 2. The summed E-state index contributed by atoms with van der Waals surface area (Å²) in [7, 11) is 0. The summed E-state index contributed by atoms with van der Waals surface area (Å²) < 4.78 is 10.6. The van der Waals surface area contributed by atoms with Crippen LogP contribution in [-0.2, 0) is 9.47 Å². The number of nitrogen functional groups attached to an aromatic ring is 1. The Labute approximate surface area is 149 Å². The Morgan fingerprint density at radius 1 is 1.36 bits per heavy atom. The van der Waals surface area contributed by atoms with Crippen molar-refractivity contribution in [1.82, 2.24) is 4.98 Å². The molecule has 0 amide bonds. The van der Waals surface area contributed by atoms with E-state index in [1.165, 1.54) is 12.8 Å². The van der Waals surface area contributed by atoms with Gasteiger partial charge in [0.2, 0.25) is 0 Å². The van der Waals surface area contributed by atoms with Gasteiger partial charge in [-0.2, -0.15) is 0 Å². The van der Waals surface area contributed by atoms with Crippen LogP contribution >= 0.6 is 0 Å². The van der Waals surface area contributed by atoms with Gasteiger partial charge in [0.25, 0.3) is 0 Å². The van der Waals surface area contributed by atoms with Crippen molar-refractivity contribution in [1.29, 1.82) is 5.41 Å². The molecule has 0 atom stereocenters. The molecule has 6 nitrogen and oxygen atoms in total. The summed E-state index contributed by atoms with van der Waals surface area (Å²) in [6.07, 6.45) is 3.96. The van der Waals surface area contributed by atoms with Crippen LogP contribution in [0.1, 0.15) is 43.5 Å². The highest BCUT2D eigenvalue weighted by molar-refractivity contribution is 5.94. The highest BCUT2D eigenvalue weighted by Crippen LogP contribution is 2.27. The Morgan fingerprint density at radius 3 is 2.48 bits per heavy atom. The first kappa shape index (κ1) is 19.4. The summed E-state index contributed by atoms with van der Waals surface area (Å²) in [5.41, 5.74) is 13.2. The van der Waals surface area contributed by atoms with E-state index in [4.69, 9.17) is 26.4 Å². The Hall–Kier alpha value is -1.94. The number of aromatic nitrogens is 1. The van der Waals surface area contributed by atoms with Crippen molar-refractivity contribution >= 4 is 5.84 Å². The lowest BCUT2D eigenvalue weighted by Crippen LogP contribution is -2.41. The largest absolute Gasteiger partial charge is 0.382 e. The van der Waals surface area contributed by atoms with Gasteiger partial charge in [0, 0.05) is 29.6 Å². The molecular weight excluding hydrogens is 316 g/mol. The van der Waals surface area contributed by atoms with Gasteiger partial charge in [-0.25, -0.2) is 0 Å². The van der Waals surface area contributed by atoms with Crippen LogP contribution in [-0.4, -0.2) is 36.9 Å². The lowest BCUT2D eigenvalue weighted by molar-refractivity contribution is -0.215. The number of amidine groups is 1. The molecule has 1 aromatic heterocycles. The maximum absolute atomic E-state index is 7.31. The Morgan fingerprint density at radius 2 is 2.00 bits per heavy atom. The van der Waals surface area contributed by atoms with Crippen molar-refractivity contribution in [2.24, 2.45) is 22.8 Å². The number of rotatable bonds is 2. The molecule has 1 aliphatic carbocycles. The highest BCUT2D eigenvalue weighted by Gasteiger charge is 2.27. The van der Waals surface area contributed by atoms with E-state index in [9.17, 15) is 0 Å². The molecule has 1 saturated heterocycles. The van der Waals surface area contributed by atoms with Gasteiger partial charge >= 0.3 is 0 Å². The average molecular weight is 344 g/mol. The third-order valence-electron chi connectivity index (χ3n) is 3.84. The zero-order valence-electron chi connectivity index (χ0n) is 15.3. The fourth-order valence-electron chi connectivity index (χ4n) is 2.20. The second kappa shape index (κ2) is 8.43. The average Bonchev–Trinajstić information content (AvgIpc) is 3.38. The lowest BCUT2D eigenvalue weighted by Gasteiger charge is -2.33. The van der Waals surface area contributed by atoms with E-state index in [1.54, 1.807) is 6.20 Å². The summed E-state index contributed by atoms with van der Waals surface area (Å²) in [4.78, 5) is 4.12. The molecule has 25 heavy (non-hydrogen) atoms. The molecule has 1 aromatic rings. The molecule has 0 radical (unpaired) electrons. The van der Waals surface area contributed by atoms with E-state index in [-0.39, 0.29) is 17.5 Å². The van der Waals surface area contributed by atoms with Gasteiger partial charge in [0.1, 0.15) is 11.5 Å². The van der Waals surface area contributed by atoms with Crippen molar-refractivity contribution < 1.29 is 9.47 Å². The molecule has 2 aliphatic rings. The van der Waals surface area contributed by atoms with Gasteiger partial charge < -0.3 is 20.9 Å². The molecule has 136 valence electrons. The number of nitrogens with two attached hydrogens (primary N) is 2. The van der Waals surface area contributed by atoms with Crippen LogP contribution in [0.5, 0.6) is 0 Å². The van der Waals surface area contributed by atoms with Crippen molar-refractivity contribution in [3.63, 3.8) is 0 Å². The number of hydrogen-bond acceptors (Lipinski definition) is 5. The quantitative estimate of drug-likeness (QED) is 0.431. The maximum Gasteiger partial charge on any atom is 0.169 e. The van der Waals surface area contributed by atoms with Crippen LogP contribution in [0.4, 0.5) is 0 Å². The Kier molecular flexibility index (Phi) is 6.54. The summed E-state index contributed by atoms with van der Waals surface area (Å²) in [6, 6.07) is 1.93. The molecule has 3 rings (SSSR count). The highest BCUT2D eigenvalue weighted by atomic mass is 16.7. The summed E-state index contributed by atoms with van der Waals surface area (Å²) >= 11 is 0. The topological polar surface area (TPSA) is 107 Å². The van der Waals surface area contributed by atoms with Crippen LogP contribution in [0.2, 0.25) is 0 Å². The summed E-state index contributed by atoms with van der Waals surface area (Å²) in [5, 5.41) is 7.31. The minimum Gasteiger partial charge on any atom is -0.382 e. The second-order valence-corrected chi connectivity index (χ2v) is 7.30. The molecule has 0 spiro atoms. The lowest BCUT2D eigenvalue weighted by atomic mass is 9.96. The molecule has 0 unspecified atom stereocenters. The number of hydrogen-bond donors (Lipinski definition) is 3. The normalized spacial score (nSPS) is 19.2. The van der Waals surface area contributed by atoms with E-state index >= 15 is 0 Å². The molecule has 2 fully saturated rings. The predicted octanol–water partition coefficient (Wildman–Crippen LogP) is 1.78. The molecule has 1 saturated carbocycles. The van der Waals surface area contributed by atoms with E-state index < -0.39 is 0 Å². The number of nitrogens with one attached hydrogen (secondary N) is 1. The fourth-order valence-corrected chi connectivity index (χ4v) is 2.20. The molecule has 1 aliphatic heterocycles. The SMILES string of the molecule is CC1(C)COC(CN)OC1.Cc1cc(C#CC2CC2)cnc1C(=N)N. The fraction of sp³-hybridized carbons (Fsp3) is 0.579. The monoisotopic (exact) mass is 344 g/mol. The third kappa shape index (κ3) is 6.46. The third-order valence-corrected chi connectivity index (χ3v) is 3.84. The minimum atomic E-state index is -0.173. The van der Waals surface area contributed by atoms with Crippen molar-refractivity contribution in [2.45, 2.75) is 39.9 Å². The molecule has 0 aromatic carbocycles. The standard InChI is InChI=1S/C12H13N3.C7H15NO2/c1-8-6-10(5-4-9-2-3-9)7-15-11(8)12(13)14;1-7(2)4-9-6(3-8)10-5-7/h6-7,9H,2-3H2,1H3,(H3,13,14);6H,3-5,8H2,1-2H3. The van der Waals surface area contributed by atoms with Crippen LogP contribution in [0, 0.1) is 35.5 Å². The zero-order valence-corrected chi connectivity index (χ0v) is 15.3. The molecule has 0 bridgehead atoms. The molecule has 6 heteroatoms. The van der Waals surface area contributed by atoms with Crippen LogP contribution in [0.15, 0.2) is 12.3 Å². The molecule has 2 heterocycles. The number of aryl methyl sites for hydroxylation is 1. The number of nitrogens with zero attached hydrogens (tertiary/aromatic N) is 1. The van der Waals surface area contributed by atoms with Gasteiger partial charge in [0.05, 0.1) is 13.2 Å². The van der Waals surface area contributed by atoms with Crippen LogP contribution in [0.25, 0.3) is 0 Å². The first-order chi connectivity index (χ1) is 11.8. The van der Waals surface area contributed by atoms with Gasteiger partial charge in [-0.1, -0.05) is 25.7 Å². The predicted molar refractivity (Wildman–Crippen MR) is 98.1 cm³/mol. The van der Waals surface area contributed by atoms with E-state index in [0.717, 1.165) is 24.3 Å². The Bertz CT molecular complexity index is 662. The van der Waals surface area contributed by atoms with E-state index in [2.05, 4.69) is 30.7 Å². The number of pyridine rings is 1. The smallest absolute Gasteiger partial charge is 0.169 e. The first-order valence-electron chi connectivity index (χ1n) is 8.56. The van der Waals surface area contributed by atoms with Gasteiger partial charge in [-0.3, -0.25) is 10.4 Å². The minimum absolute atomic E-state index is 0.00852. The van der Waals surface area contributed by atoms with Crippen LogP contribution in [0.3, 0.4) is 0 Å². The maximum atomic E-state index is 7.31. The van der Waals surface area contributed by atoms with Crippen molar-refractivity contribution in [3.8, 4) is 11.8 Å². The second-order valence-electron chi connectivity index (χ2n) is 7.30. The molecular formula is C19H28N4O2. The Balaban J connectivity index is 0.000000196.